The first-order chi connectivity index (χ1) is 14.3. The van der Waals surface area contributed by atoms with E-state index in [0.717, 1.165) is 12.1 Å². The number of nitrogens with zero attached hydrogens (tertiary/aromatic N) is 2. The monoisotopic (exact) mass is 419 g/mol. The maximum absolute atomic E-state index is 12.7. The molecule has 0 fully saturated rings. The summed E-state index contributed by atoms with van der Waals surface area (Å²) >= 11 is 0. The first kappa shape index (κ1) is 21.1. The maximum atomic E-state index is 12.7. The van der Waals surface area contributed by atoms with E-state index in [0.29, 0.717) is 5.56 Å². The molecule has 0 aliphatic rings. The van der Waals surface area contributed by atoms with E-state index in [-0.39, 0.29) is 41.9 Å². The lowest BCUT2D eigenvalue weighted by atomic mass is 10.1. The normalized spacial score (nSPS) is 11.2. The van der Waals surface area contributed by atoms with Crippen LogP contribution in [0.15, 0.2) is 54.9 Å². The predicted octanol–water partition coefficient (Wildman–Crippen LogP) is 3.42. The zero-order chi connectivity index (χ0) is 21.7. The van der Waals surface area contributed by atoms with Crippen molar-refractivity contribution in [3.05, 3.63) is 66.0 Å². The molecule has 1 heterocycles. The highest BCUT2D eigenvalue weighted by molar-refractivity contribution is 5.96. The fraction of sp³-hybridized carbons (Fsp3) is 0.150. The number of amides is 1. The third-order valence-corrected chi connectivity index (χ3v) is 3.93. The van der Waals surface area contributed by atoms with Crippen LogP contribution in [0.3, 0.4) is 0 Å². The zero-order valence-corrected chi connectivity index (χ0v) is 15.4. The molecule has 1 aromatic heterocycles. The smallest absolute Gasteiger partial charge is 0.416 e. The maximum Gasteiger partial charge on any atom is 0.416 e. The number of rotatable bonds is 7. The van der Waals surface area contributed by atoms with E-state index in [2.05, 4.69) is 9.97 Å². The van der Waals surface area contributed by atoms with Crippen molar-refractivity contribution in [1.82, 2.24) is 9.97 Å². The van der Waals surface area contributed by atoms with E-state index in [1.165, 1.54) is 36.7 Å². The molecule has 7 nitrogen and oxygen atoms in total. The van der Waals surface area contributed by atoms with E-state index in [1.54, 1.807) is 6.07 Å². The molecule has 0 unspecified atom stereocenters. The van der Waals surface area contributed by atoms with Crippen LogP contribution in [-0.2, 0) is 6.18 Å². The van der Waals surface area contributed by atoms with Gasteiger partial charge in [0, 0.05) is 18.0 Å². The summed E-state index contributed by atoms with van der Waals surface area (Å²) in [6.07, 6.45) is -1.68. The topological polar surface area (TPSA) is 108 Å². The number of ether oxygens (including phenoxy) is 2. The molecular weight excluding hydrogens is 403 g/mol. The minimum atomic E-state index is -4.45. The molecule has 0 saturated carbocycles. The second-order valence-electron chi connectivity index (χ2n) is 5.98. The van der Waals surface area contributed by atoms with Crippen molar-refractivity contribution in [1.29, 1.82) is 0 Å². The van der Waals surface area contributed by atoms with Gasteiger partial charge in [-0.3, -0.25) is 4.79 Å². The Balaban J connectivity index is 1.94. The van der Waals surface area contributed by atoms with Gasteiger partial charge in [0.15, 0.2) is 0 Å². The average molecular weight is 419 g/mol. The third-order valence-electron chi connectivity index (χ3n) is 3.93. The third kappa shape index (κ3) is 4.84. The largest absolute Gasteiger partial charge is 0.490 e. The molecule has 0 bridgehead atoms. The van der Waals surface area contributed by atoms with Crippen LogP contribution in [0.25, 0.3) is 11.3 Å². The molecule has 30 heavy (non-hydrogen) atoms. The minimum Gasteiger partial charge on any atom is -0.490 e. The summed E-state index contributed by atoms with van der Waals surface area (Å²) < 4.78 is 49.2. The second-order valence-corrected chi connectivity index (χ2v) is 5.98. The molecule has 0 aliphatic heterocycles. The summed E-state index contributed by atoms with van der Waals surface area (Å²) in [7, 11) is 0. The van der Waals surface area contributed by atoms with Crippen molar-refractivity contribution in [3.8, 4) is 28.6 Å². The molecule has 3 N–H and O–H groups in total. The van der Waals surface area contributed by atoms with Gasteiger partial charge in [0.2, 0.25) is 5.88 Å². The fourth-order valence-electron chi connectivity index (χ4n) is 2.57. The number of carbonyl (C=O) groups excluding carboxylic acids is 1. The highest BCUT2D eigenvalue weighted by Crippen LogP contribution is 2.34. The number of carbonyl (C=O) groups is 1. The van der Waals surface area contributed by atoms with Gasteiger partial charge in [-0.05, 0) is 36.4 Å². The van der Waals surface area contributed by atoms with Gasteiger partial charge in [0.25, 0.3) is 5.91 Å². The van der Waals surface area contributed by atoms with Gasteiger partial charge in [0.1, 0.15) is 23.8 Å². The summed E-state index contributed by atoms with van der Waals surface area (Å²) in [6, 6.07) is 8.61. The van der Waals surface area contributed by atoms with Crippen LogP contribution in [0.1, 0.15) is 15.9 Å². The molecule has 0 atom stereocenters. The van der Waals surface area contributed by atoms with E-state index in [4.69, 9.17) is 20.3 Å². The van der Waals surface area contributed by atoms with Crippen molar-refractivity contribution < 1.29 is 32.5 Å². The Morgan fingerprint density at radius 3 is 2.40 bits per heavy atom. The number of primary amides is 1. The number of hydrogen-bond acceptors (Lipinski definition) is 6. The van der Waals surface area contributed by atoms with Crippen molar-refractivity contribution >= 4 is 5.91 Å². The minimum absolute atomic E-state index is 0.0391. The molecule has 0 saturated heterocycles. The van der Waals surface area contributed by atoms with Crippen LogP contribution in [-0.4, -0.2) is 34.2 Å². The Morgan fingerprint density at radius 1 is 1.07 bits per heavy atom. The number of aromatic nitrogens is 2. The number of halogens is 3. The zero-order valence-electron chi connectivity index (χ0n) is 15.4. The molecule has 0 radical (unpaired) electrons. The molecular formula is C20H16F3N3O4. The lowest BCUT2D eigenvalue weighted by Gasteiger charge is -2.13. The summed E-state index contributed by atoms with van der Waals surface area (Å²) in [5.41, 5.74) is 5.37. The van der Waals surface area contributed by atoms with Crippen LogP contribution < -0.4 is 15.2 Å². The quantitative estimate of drug-likeness (QED) is 0.608. The summed E-state index contributed by atoms with van der Waals surface area (Å²) in [5.74, 6) is -0.400. The molecule has 156 valence electrons. The number of benzene rings is 2. The van der Waals surface area contributed by atoms with Crippen molar-refractivity contribution in [2.45, 2.75) is 6.18 Å². The van der Waals surface area contributed by atoms with Crippen molar-refractivity contribution in [3.63, 3.8) is 0 Å². The van der Waals surface area contributed by atoms with E-state index in [9.17, 15) is 18.0 Å². The van der Waals surface area contributed by atoms with Gasteiger partial charge < -0.3 is 20.3 Å². The Bertz CT molecular complexity index is 1040. The molecule has 0 aliphatic carbocycles. The van der Waals surface area contributed by atoms with Crippen LogP contribution in [0.2, 0.25) is 0 Å². The number of alkyl halides is 3. The second kappa shape index (κ2) is 8.78. The number of aliphatic hydroxyl groups excluding tert-OH is 1. The molecule has 3 aromatic rings. The molecule has 3 rings (SSSR count). The highest BCUT2D eigenvalue weighted by atomic mass is 19.4. The number of hydrogen-bond donors (Lipinski definition) is 2. The Hall–Kier alpha value is -3.66. The molecule has 0 spiro atoms. The SMILES string of the molecule is NC(=O)c1ccc(-c2nccnc2Oc2ccc(C(F)(F)F)cc2)cc1OCCO. The molecule has 1 amide bonds. The van der Waals surface area contributed by atoms with E-state index >= 15 is 0 Å². The van der Waals surface area contributed by atoms with Gasteiger partial charge in [-0.1, -0.05) is 6.07 Å². The number of aliphatic hydroxyl groups is 1. The van der Waals surface area contributed by atoms with Crippen molar-refractivity contribution in [2.75, 3.05) is 13.2 Å². The van der Waals surface area contributed by atoms with Gasteiger partial charge in [-0.25, -0.2) is 9.97 Å². The van der Waals surface area contributed by atoms with Gasteiger partial charge >= 0.3 is 6.18 Å². The first-order valence-corrected chi connectivity index (χ1v) is 8.63. The lowest BCUT2D eigenvalue weighted by molar-refractivity contribution is -0.137. The Labute approximate surface area is 168 Å². The number of nitrogens with two attached hydrogens (primary N) is 1. The first-order valence-electron chi connectivity index (χ1n) is 8.63. The average Bonchev–Trinajstić information content (AvgIpc) is 2.72. The van der Waals surface area contributed by atoms with Crippen LogP contribution in [0, 0.1) is 0 Å². The van der Waals surface area contributed by atoms with Crippen LogP contribution in [0.4, 0.5) is 13.2 Å². The highest BCUT2D eigenvalue weighted by Gasteiger charge is 2.30. The Kier molecular flexibility index (Phi) is 6.17. The van der Waals surface area contributed by atoms with Crippen molar-refractivity contribution in [2.24, 2.45) is 5.73 Å². The van der Waals surface area contributed by atoms with Gasteiger partial charge in [-0.2, -0.15) is 13.2 Å². The standard InChI is InChI=1S/C20H16F3N3O4/c21-20(22,23)13-2-4-14(5-3-13)30-19-17(25-7-8-26-19)12-1-6-15(18(24)28)16(11-12)29-10-9-27/h1-8,11,27H,9-10H2,(H2,24,28). The van der Waals surface area contributed by atoms with Gasteiger partial charge in [0.05, 0.1) is 17.7 Å². The van der Waals surface area contributed by atoms with Crippen LogP contribution in [0.5, 0.6) is 17.4 Å². The fourth-order valence-corrected chi connectivity index (χ4v) is 2.57. The summed E-state index contributed by atoms with van der Waals surface area (Å²) in [4.78, 5) is 19.9. The predicted molar refractivity (Wildman–Crippen MR) is 100 cm³/mol. The molecule has 2 aromatic carbocycles. The van der Waals surface area contributed by atoms with E-state index in [1.807, 2.05) is 0 Å². The summed E-state index contributed by atoms with van der Waals surface area (Å²) in [6.45, 7) is -0.324. The summed E-state index contributed by atoms with van der Waals surface area (Å²) in [5, 5.41) is 8.97. The molecule has 10 heteroatoms. The lowest BCUT2D eigenvalue weighted by Crippen LogP contribution is -2.14. The van der Waals surface area contributed by atoms with Gasteiger partial charge in [-0.15, -0.1) is 0 Å². The Morgan fingerprint density at radius 2 is 1.77 bits per heavy atom. The van der Waals surface area contributed by atoms with Crippen LogP contribution >= 0.6 is 0 Å². The van der Waals surface area contributed by atoms with E-state index < -0.39 is 17.6 Å².